The van der Waals surface area contributed by atoms with E-state index in [9.17, 15) is 5.11 Å². The van der Waals surface area contributed by atoms with Gasteiger partial charge in [0, 0.05) is 11.5 Å². The first-order valence-electron chi connectivity index (χ1n) is 2.55. The highest BCUT2D eigenvalue weighted by Crippen LogP contribution is 2.29. The highest BCUT2D eigenvalue weighted by molar-refractivity contribution is 9.10. The molecular formula is C6H6BrClO. The zero-order chi connectivity index (χ0) is 6.91. The molecule has 0 radical (unpaired) electrons. The normalized spacial score (nSPS) is 34.3. The minimum absolute atomic E-state index is 0.449. The first-order valence-corrected chi connectivity index (χ1v) is 3.72. The van der Waals surface area contributed by atoms with Crippen LogP contribution in [0, 0.1) is 0 Å². The lowest BCUT2D eigenvalue weighted by Gasteiger charge is -2.18. The molecule has 1 aliphatic rings. The second-order valence-electron chi connectivity index (χ2n) is 1.97. The van der Waals surface area contributed by atoms with Crippen molar-refractivity contribution in [1.82, 2.24) is 0 Å². The minimum atomic E-state index is -0.918. The predicted octanol–water partition coefficient (Wildman–Crippen LogP) is 2.15. The van der Waals surface area contributed by atoms with Gasteiger partial charge in [0.1, 0.15) is 4.51 Å². The van der Waals surface area contributed by atoms with Crippen molar-refractivity contribution in [2.45, 2.75) is 10.9 Å². The van der Waals surface area contributed by atoms with E-state index in [2.05, 4.69) is 15.9 Å². The fraction of sp³-hybridized carbons (Fsp3) is 0.333. The summed E-state index contributed by atoms with van der Waals surface area (Å²) in [5, 5.41) is 9.91. The van der Waals surface area contributed by atoms with Crippen LogP contribution in [0.25, 0.3) is 0 Å². The van der Waals surface area contributed by atoms with Gasteiger partial charge in [0.25, 0.3) is 0 Å². The minimum Gasteiger partial charge on any atom is -0.375 e. The molecule has 0 fully saturated rings. The van der Waals surface area contributed by atoms with Crippen molar-refractivity contribution in [3.8, 4) is 0 Å². The molecule has 0 bridgehead atoms. The lowest BCUT2D eigenvalue weighted by Crippen LogP contribution is -2.17. The van der Waals surface area contributed by atoms with Crippen LogP contribution in [0.4, 0.5) is 0 Å². The summed E-state index contributed by atoms with van der Waals surface area (Å²) in [4.78, 5) is 0. The molecule has 1 N–H and O–H groups in total. The Labute approximate surface area is 67.1 Å². The lowest BCUT2D eigenvalue weighted by atomic mass is 10.1. The SMILES string of the molecule is O[C@@]1(Br)C=CC=C(Cl)C1. The zero-order valence-corrected chi connectivity index (χ0v) is 6.98. The molecule has 0 aromatic rings. The van der Waals surface area contributed by atoms with Crippen molar-refractivity contribution in [3.05, 3.63) is 23.3 Å². The molecule has 1 nitrogen and oxygen atoms in total. The maximum atomic E-state index is 9.25. The molecule has 3 heteroatoms. The Morgan fingerprint density at radius 2 is 2.44 bits per heavy atom. The molecule has 1 atom stereocenters. The standard InChI is InChI=1S/C6H6BrClO/c7-6(9)3-1-2-5(8)4-6/h1-3,9H,4H2/t6-/m0/s1. The quantitative estimate of drug-likeness (QED) is 0.606. The number of allylic oxidation sites excluding steroid dienone is 2. The third-order valence-electron chi connectivity index (χ3n) is 1.05. The van der Waals surface area contributed by atoms with Crippen molar-refractivity contribution in [2.24, 2.45) is 0 Å². The van der Waals surface area contributed by atoms with Gasteiger partial charge in [0.2, 0.25) is 0 Å². The van der Waals surface area contributed by atoms with Gasteiger partial charge in [-0.3, -0.25) is 0 Å². The number of hydrogen-bond acceptors (Lipinski definition) is 1. The third kappa shape index (κ3) is 2.12. The number of aliphatic hydroxyl groups is 1. The van der Waals surface area contributed by atoms with E-state index in [1.54, 1.807) is 18.2 Å². The fourth-order valence-electron chi connectivity index (χ4n) is 0.655. The molecule has 50 valence electrons. The van der Waals surface area contributed by atoms with Gasteiger partial charge in [-0.15, -0.1) is 0 Å². The summed E-state index contributed by atoms with van der Waals surface area (Å²) in [5.74, 6) is 0. The average Bonchev–Trinajstić information content (AvgIpc) is 1.60. The second kappa shape index (κ2) is 2.45. The Bertz CT molecular complexity index is 172. The van der Waals surface area contributed by atoms with Crippen LogP contribution in [-0.2, 0) is 0 Å². The summed E-state index contributed by atoms with van der Waals surface area (Å²) in [6, 6.07) is 0. The van der Waals surface area contributed by atoms with E-state index in [-0.39, 0.29) is 0 Å². The van der Waals surface area contributed by atoms with Gasteiger partial charge < -0.3 is 5.11 Å². The van der Waals surface area contributed by atoms with Crippen molar-refractivity contribution in [1.29, 1.82) is 0 Å². The summed E-state index contributed by atoms with van der Waals surface area (Å²) in [6.07, 6.45) is 5.59. The van der Waals surface area contributed by atoms with Crippen molar-refractivity contribution >= 4 is 27.5 Å². The molecule has 0 unspecified atom stereocenters. The molecule has 0 saturated heterocycles. The van der Waals surface area contributed by atoms with E-state index in [1.807, 2.05) is 0 Å². The van der Waals surface area contributed by atoms with Crippen LogP contribution in [0.2, 0.25) is 0 Å². The topological polar surface area (TPSA) is 20.2 Å². The molecule has 0 heterocycles. The third-order valence-corrected chi connectivity index (χ3v) is 1.85. The van der Waals surface area contributed by atoms with Gasteiger partial charge in [-0.05, 0) is 28.1 Å². The molecule has 0 aromatic heterocycles. The monoisotopic (exact) mass is 208 g/mol. The number of hydrogen-bond donors (Lipinski definition) is 1. The summed E-state index contributed by atoms with van der Waals surface area (Å²) < 4.78 is -0.918. The van der Waals surface area contributed by atoms with Gasteiger partial charge in [0.15, 0.2) is 0 Å². The summed E-state index contributed by atoms with van der Waals surface area (Å²) in [7, 11) is 0. The van der Waals surface area contributed by atoms with E-state index in [4.69, 9.17) is 11.6 Å². The molecular weight excluding hydrogens is 203 g/mol. The van der Waals surface area contributed by atoms with Gasteiger partial charge in [0.05, 0.1) is 0 Å². The Balaban J connectivity index is 2.73. The largest absolute Gasteiger partial charge is 0.375 e. The van der Waals surface area contributed by atoms with Crippen LogP contribution in [-0.4, -0.2) is 9.62 Å². The van der Waals surface area contributed by atoms with Crippen LogP contribution < -0.4 is 0 Å². The maximum Gasteiger partial charge on any atom is 0.143 e. The van der Waals surface area contributed by atoms with E-state index in [0.717, 1.165) is 0 Å². The van der Waals surface area contributed by atoms with Crippen LogP contribution in [0.3, 0.4) is 0 Å². The Kier molecular flexibility index (Phi) is 1.99. The first kappa shape index (κ1) is 7.32. The zero-order valence-electron chi connectivity index (χ0n) is 4.64. The van der Waals surface area contributed by atoms with Crippen molar-refractivity contribution in [3.63, 3.8) is 0 Å². The van der Waals surface area contributed by atoms with Gasteiger partial charge >= 0.3 is 0 Å². The van der Waals surface area contributed by atoms with E-state index in [0.29, 0.717) is 11.5 Å². The predicted molar refractivity (Wildman–Crippen MR) is 41.6 cm³/mol. The van der Waals surface area contributed by atoms with Gasteiger partial charge in [-0.2, -0.15) is 0 Å². The van der Waals surface area contributed by atoms with Crippen LogP contribution >= 0.6 is 27.5 Å². The highest BCUT2D eigenvalue weighted by Gasteiger charge is 2.21. The van der Waals surface area contributed by atoms with E-state index < -0.39 is 4.51 Å². The first-order chi connectivity index (χ1) is 4.10. The fourth-order valence-corrected chi connectivity index (χ4v) is 1.55. The second-order valence-corrected chi connectivity index (χ2v) is 3.83. The van der Waals surface area contributed by atoms with Crippen LogP contribution in [0.5, 0.6) is 0 Å². The summed E-state index contributed by atoms with van der Waals surface area (Å²) >= 11 is 8.70. The highest BCUT2D eigenvalue weighted by atomic mass is 79.9. The Morgan fingerprint density at radius 1 is 1.78 bits per heavy atom. The average molecular weight is 209 g/mol. The molecule has 0 aliphatic heterocycles. The van der Waals surface area contributed by atoms with E-state index >= 15 is 0 Å². The van der Waals surface area contributed by atoms with E-state index in [1.165, 1.54) is 0 Å². The summed E-state index contributed by atoms with van der Waals surface area (Å²) in [5.41, 5.74) is 0. The number of rotatable bonds is 0. The van der Waals surface area contributed by atoms with Crippen LogP contribution in [0.1, 0.15) is 6.42 Å². The maximum absolute atomic E-state index is 9.25. The molecule has 1 aliphatic carbocycles. The Hall–Kier alpha value is 0.210. The van der Waals surface area contributed by atoms with Gasteiger partial charge in [-0.1, -0.05) is 17.7 Å². The number of alkyl halides is 1. The molecule has 0 spiro atoms. The van der Waals surface area contributed by atoms with Gasteiger partial charge in [-0.25, -0.2) is 0 Å². The Morgan fingerprint density at radius 3 is 2.78 bits per heavy atom. The van der Waals surface area contributed by atoms with Crippen molar-refractivity contribution < 1.29 is 5.11 Å². The smallest absolute Gasteiger partial charge is 0.143 e. The lowest BCUT2D eigenvalue weighted by molar-refractivity contribution is 0.196. The van der Waals surface area contributed by atoms with Crippen LogP contribution in [0.15, 0.2) is 23.3 Å². The molecule has 0 saturated carbocycles. The molecule has 9 heavy (non-hydrogen) atoms. The number of halogens is 2. The molecule has 0 amide bonds. The molecule has 1 rings (SSSR count). The van der Waals surface area contributed by atoms with Crippen molar-refractivity contribution in [2.75, 3.05) is 0 Å². The summed E-state index contributed by atoms with van der Waals surface area (Å²) in [6.45, 7) is 0. The molecule has 0 aromatic carbocycles.